The first-order chi connectivity index (χ1) is 15.6. The van der Waals surface area contributed by atoms with E-state index >= 15 is 0 Å². The minimum Gasteiger partial charge on any atom is -0.475 e. The van der Waals surface area contributed by atoms with Crippen molar-refractivity contribution in [3.8, 4) is 0 Å². The van der Waals surface area contributed by atoms with Gasteiger partial charge >= 0.3 is 12.1 Å². The molecule has 0 spiro atoms. The summed E-state index contributed by atoms with van der Waals surface area (Å²) in [6.45, 7) is 1.90. The molecule has 1 aliphatic rings. The number of nitrogens with zero attached hydrogens (tertiary/aromatic N) is 8. The number of aromatic nitrogens is 6. The van der Waals surface area contributed by atoms with Gasteiger partial charge in [-0.15, -0.1) is 15.3 Å². The highest BCUT2D eigenvalue weighted by Gasteiger charge is 2.38. The first kappa shape index (κ1) is 23.9. The zero-order valence-corrected chi connectivity index (χ0v) is 17.7. The predicted octanol–water partition coefficient (Wildman–Crippen LogP) is 0.620. The van der Waals surface area contributed by atoms with E-state index in [1.807, 2.05) is 24.7 Å². The molecule has 1 aliphatic heterocycles. The first-order valence-corrected chi connectivity index (χ1v) is 9.57. The number of rotatable bonds is 5. The normalized spacial score (nSPS) is 15.5. The second kappa shape index (κ2) is 9.81. The molecule has 178 valence electrons. The molecular weight excluding hydrogens is 449 g/mol. The van der Waals surface area contributed by atoms with Crippen molar-refractivity contribution >= 4 is 23.3 Å². The molecule has 4 heterocycles. The number of fused-ring (bicyclic) bond motifs is 2. The molecule has 1 unspecified atom stereocenters. The Morgan fingerprint density at radius 3 is 2.67 bits per heavy atom. The first-order valence-electron chi connectivity index (χ1n) is 9.57. The molecule has 3 aromatic rings. The van der Waals surface area contributed by atoms with Crippen LogP contribution in [0.4, 0.5) is 19.0 Å². The number of alkyl halides is 3. The number of carboxylic acid groups (broad SMARTS) is 1. The Morgan fingerprint density at radius 2 is 2.00 bits per heavy atom. The Kier molecular flexibility index (Phi) is 7.10. The third kappa shape index (κ3) is 5.94. The second-order valence-electron chi connectivity index (χ2n) is 7.26. The monoisotopic (exact) mass is 470 g/mol. The number of ether oxygens (including phenoxy) is 1. The number of carbonyl (C=O) groups excluding carboxylic acids is 1. The van der Waals surface area contributed by atoms with Crippen LogP contribution in [0.15, 0.2) is 31.0 Å². The SMILES string of the molecule is CN(C)C(=O)COCC1CN(c2ccc3nncn3n2)Cc2cncn21.O=C(O)C(F)(F)F. The van der Waals surface area contributed by atoms with Crippen molar-refractivity contribution in [2.45, 2.75) is 18.8 Å². The van der Waals surface area contributed by atoms with Crippen LogP contribution in [-0.4, -0.2) is 91.3 Å². The summed E-state index contributed by atoms with van der Waals surface area (Å²) in [5.74, 6) is -1.98. The van der Waals surface area contributed by atoms with Gasteiger partial charge in [0.25, 0.3) is 0 Å². The van der Waals surface area contributed by atoms with Crippen LogP contribution >= 0.6 is 0 Å². The second-order valence-corrected chi connectivity index (χ2v) is 7.26. The molecule has 12 nitrogen and oxygen atoms in total. The summed E-state index contributed by atoms with van der Waals surface area (Å²) in [7, 11) is 3.43. The molecule has 0 fully saturated rings. The van der Waals surface area contributed by atoms with Gasteiger partial charge in [0.05, 0.1) is 31.2 Å². The molecule has 0 aromatic carbocycles. The third-order valence-corrected chi connectivity index (χ3v) is 4.67. The number of halogens is 3. The largest absolute Gasteiger partial charge is 0.490 e. The summed E-state index contributed by atoms with van der Waals surface area (Å²) in [4.78, 5) is 28.5. The van der Waals surface area contributed by atoms with Crippen molar-refractivity contribution in [3.05, 3.63) is 36.7 Å². The molecule has 0 saturated carbocycles. The average Bonchev–Trinajstić information content (AvgIpc) is 3.41. The molecule has 0 aliphatic carbocycles. The molecule has 0 saturated heterocycles. The maximum Gasteiger partial charge on any atom is 0.490 e. The molecule has 15 heteroatoms. The van der Waals surface area contributed by atoms with E-state index in [-0.39, 0.29) is 18.6 Å². The van der Waals surface area contributed by atoms with Gasteiger partial charge in [0, 0.05) is 26.8 Å². The van der Waals surface area contributed by atoms with Crippen molar-refractivity contribution in [1.82, 2.24) is 34.3 Å². The van der Waals surface area contributed by atoms with Gasteiger partial charge in [0.15, 0.2) is 5.65 Å². The van der Waals surface area contributed by atoms with Crippen molar-refractivity contribution in [2.75, 3.05) is 38.8 Å². The lowest BCUT2D eigenvalue weighted by atomic mass is 10.2. The molecule has 1 atom stereocenters. The Balaban J connectivity index is 0.000000383. The van der Waals surface area contributed by atoms with E-state index in [9.17, 15) is 18.0 Å². The van der Waals surface area contributed by atoms with Gasteiger partial charge in [-0.05, 0) is 12.1 Å². The number of aliphatic carboxylic acids is 1. The Morgan fingerprint density at radius 1 is 1.27 bits per heavy atom. The summed E-state index contributed by atoms with van der Waals surface area (Å²) in [5.41, 5.74) is 1.78. The summed E-state index contributed by atoms with van der Waals surface area (Å²) in [6, 6.07) is 3.88. The van der Waals surface area contributed by atoms with Crippen molar-refractivity contribution < 1.29 is 32.6 Å². The van der Waals surface area contributed by atoms with Crippen LogP contribution in [-0.2, 0) is 20.9 Å². The third-order valence-electron chi connectivity index (χ3n) is 4.67. The van der Waals surface area contributed by atoms with Crippen LogP contribution < -0.4 is 4.90 Å². The van der Waals surface area contributed by atoms with E-state index in [4.69, 9.17) is 14.6 Å². The lowest BCUT2D eigenvalue weighted by molar-refractivity contribution is -0.192. The fourth-order valence-corrected chi connectivity index (χ4v) is 2.99. The summed E-state index contributed by atoms with van der Waals surface area (Å²) in [5, 5.41) is 19.5. The number of hydrogen-bond acceptors (Lipinski definition) is 8. The minimum absolute atomic E-state index is 0.0506. The van der Waals surface area contributed by atoms with Gasteiger partial charge in [-0.2, -0.15) is 17.7 Å². The molecule has 0 bridgehead atoms. The molecule has 1 amide bonds. The Bertz CT molecular complexity index is 1110. The molecule has 33 heavy (non-hydrogen) atoms. The lowest BCUT2D eigenvalue weighted by Gasteiger charge is -2.35. The van der Waals surface area contributed by atoms with E-state index in [1.54, 1.807) is 24.9 Å². The number of amides is 1. The van der Waals surface area contributed by atoms with E-state index in [0.29, 0.717) is 25.3 Å². The van der Waals surface area contributed by atoms with Gasteiger partial charge < -0.3 is 24.2 Å². The lowest BCUT2D eigenvalue weighted by Crippen LogP contribution is -2.40. The van der Waals surface area contributed by atoms with Gasteiger partial charge in [0.1, 0.15) is 18.8 Å². The highest BCUT2D eigenvalue weighted by molar-refractivity contribution is 5.76. The van der Waals surface area contributed by atoms with Crippen LogP contribution in [0.2, 0.25) is 0 Å². The van der Waals surface area contributed by atoms with Gasteiger partial charge in [-0.1, -0.05) is 0 Å². The molecule has 1 N–H and O–H groups in total. The van der Waals surface area contributed by atoms with Crippen molar-refractivity contribution in [1.29, 1.82) is 0 Å². The maximum atomic E-state index is 11.7. The minimum atomic E-state index is -5.08. The number of carboxylic acids is 1. The number of hydrogen-bond donors (Lipinski definition) is 1. The van der Waals surface area contributed by atoms with Crippen molar-refractivity contribution in [3.63, 3.8) is 0 Å². The van der Waals surface area contributed by atoms with Crippen molar-refractivity contribution in [2.24, 2.45) is 0 Å². The maximum absolute atomic E-state index is 11.7. The summed E-state index contributed by atoms with van der Waals surface area (Å²) >= 11 is 0. The molecule has 3 aromatic heterocycles. The topological polar surface area (TPSA) is 131 Å². The van der Waals surface area contributed by atoms with E-state index < -0.39 is 12.1 Å². The average molecular weight is 470 g/mol. The number of likely N-dealkylation sites (N-methyl/N-ethyl adjacent to an activating group) is 1. The van der Waals surface area contributed by atoms with Gasteiger partial charge in [-0.25, -0.2) is 9.78 Å². The molecular formula is C18H21F3N8O4. The Hall–Kier alpha value is -3.75. The van der Waals surface area contributed by atoms with Gasteiger partial charge in [-0.3, -0.25) is 4.79 Å². The zero-order valence-electron chi connectivity index (χ0n) is 17.7. The van der Waals surface area contributed by atoms with E-state index in [2.05, 4.69) is 29.7 Å². The highest BCUT2D eigenvalue weighted by atomic mass is 19.4. The summed E-state index contributed by atoms with van der Waals surface area (Å²) in [6.07, 6.45) is 0.160. The fraction of sp³-hybridized carbons (Fsp3) is 0.444. The zero-order chi connectivity index (χ0) is 24.2. The summed E-state index contributed by atoms with van der Waals surface area (Å²) < 4.78 is 41.1. The number of carbonyl (C=O) groups is 2. The van der Waals surface area contributed by atoms with E-state index in [1.165, 1.54) is 4.90 Å². The smallest absolute Gasteiger partial charge is 0.475 e. The van der Waals surface area contributed by atoms with Crippen LogP contribution in [0.25, 0.3) is 5.65 Å². The van der Waals surface area contributed by atoms with Gasteiger partial charge in [0.2, 0.25) is 5.91 Å². The van der Waals surface area contributed by atoms with Crippen LogP contribution in [0.3, 0.4) is 0 Å². The highest BCUT2D eigenvalue weighted by Crippen LogP contribution is 2.25. The number of imidazole rings is 1. The number of anilines is 1. The Labute approximate surface area is 185 Å². The molecule has 0 radical (unpaired) electrons. The van der Waals surface area contributed by atoms with E-state index in [0.717, 1.165) is 11.5 Å². The quantitative estimate of drug-likeness (QED) is 0.570. The standard InChI is InChI=1S/C16H20N8O2.C2HF3O2/c1-21(2)16(25)9-26-8-13-7-22(6-12-5-17-10-23(12)13)15-4-3-14-19-18-11-24(14)20-15;3-2(4,5)1(6)7/h3-5,10-11,13H,6-9H2,1-2H3;(H,6,7). The fourth-order valence-electron chi connectivity index (χ4n) is 2.99. The predicted molar refractivity (Wildman–Crippen MR) is 106 cm³/mol. The van der Waals surface area contributed by atoms with Crippen LogP contribution in [0.1, 0.15) is 11.7 Å². The van der Waals surface area contributed by atoms with Crippen LogP contribution in [0.5, 0.6) is 0 Å². The molecule has 4 rings (SSSR count). The van der Waals surface area contributed by atoms with Crippen LogP contribution in [0, 0.1) is 0 Å².